The summed E-state index contributed by atoms with van der Waals surface area (Å²) in [5.41, 5.74) is 0.799. The Balaban J connectivity index is 2.15. The summed E-state index contributed by atoms with van der Waals surface area (Å²) in [6, 6.07) is 11.8. The quantitative estimate of drug-likeness (QED) is 0.449. The van der Waals surface area contributed by atoms with Crippen molar-refractivity contribution in [3.05, 3.63) is 70.0 Å². The summed E-state index contributed by atoms with van der Waals surface area (Å²) < 4.78 is 18.7. The van der Waals surface area contributed by atoms with Gasteiger partial charge in [0.15, 0.2) is 0 Å². The van der Waals surface area contributed by atoms with Crippen molar-refractivity contribution in [2.75, 3.05) is 5.88 Å². The lowest BCUT2D eigenvalue weighted by atomic mass is 10.1. The van der Waals surface area contributed by atoms with E-state index in [1.807, 2.05) is 0 Å². The standard InChI is InChI=1S/C15H13ClFNO3/c16-10-9-15(11-1-3-12(17)4-2-11)21-14-7-5-13(6-8-14)18(19)20/h1-8,15H,9-10H2/t15-/m1/s1. The maximum Gasteiger partial charge on any atom is 0.269 e. The first-order valence-corrected chi connectivity index (χ1v) is 6.86. The van der Waals surface area contributed by atoms with Crippen molar-refractivity contribution in [2.45, 2.75) is 12.5 Å². The molecule has 0 saturated heterocycles. The first-order chi connectivity index (χ1) is 10.1. The highest BCUT2D eigenvalue weighted by molar-refractivity contribution is 6.17. The Labute approximate surface area is 126 Å². The Morgan fingerprint density at radius 3 is 2.29 bits per heavy atom. The van der Waals surface area contributed by atoms with Crippen LogP contribution < -0.4 is 4.74 Å². The van der Waals surface area contributed by atoms with Gasteiger partial charge >= 0.3 is 0 Å². The van der Waals surface area contributed by atoms with Crippen LogP contribution in [0.1, 0.15) is 18.1 Å². The average molecular weight is 310 g/mol. The number of halogens is 2. The molecule has 2 aromatic rings. The minimum Gasteiger partial charge on any atom is -0.486 e. The van der Waals surface area contributed by atoms with Crippen molar-refractivity contribution in [3.8, 4) is 5.75 Å². The summed E-state index contributed by atoms with van der Waals surface area (Å²) in [6.45, 7) is 0. The van der Waals surface area contributed by atoms with E-state index in [9.17, 15) is 14.5 Å². The molecule has 2 aromatic carbocycles. The van der Waals surface area contributed by atoms with Crippen molar-refractivity contribution in [2.24, 2.45) is 0 Å². The van der Waals surface area contributed by atoms with Crippen molar-refractivity contribution in [1.29, 1.82) is 0 Å². The van der Waals surface area contributed by atoms with Gasteiger partial charge in [-0.3, -0.25) is 10.1 Å². The van der Waals surface area contributed by atoms with Gasteiger partial charge in [0.1, 0.15) is 17.7 Å². The molecule has 0 aliphatic rings. The lowest BCUT2D eigenvalue weighted by Gasteiger charge is -2.18. The van der Waals surface area contributed by atoms with Crippen molar-refractivity contribution in [1.82, 2.24) is 0 Å². The highest BCUT2D eigenvalue weighted by Crippen LogP contribution is 2.27. The van der Waals surface area contributed by atoms with Crippen LogP contribution in [0.25, 0.3) is 0 Å². The monoisotopic (exact) mass is 309 g/mol. The zero-order chi connectivity index (χ0) is 15.2. The third-order valence-corrected chi connectivity index (χ3v) is 3.16. The third kappa shape index (κ3) is 4.16. The number of non-ortho nitro benzene ring substituents is 1. The Hall–Kier alpha value is -2.14. The van der Waals surface area contributed by atoms with E-state index < -0.39 is 4.92 Å². The molecule has 1 atom stereocenters. The molecular weight excluding hydrogens is 297 g/mol. The van der Waals surface area contributed by atoms with Crippen molar-refractivity contribution in [3.63, 3.8) is 0 Å². The molecule has 0 N–H and O–H groups in total. The fourth-order valence-electron chi connectivity index (χ4n) is 1.88. The molecule has 0 radical (unpaired) electrons. The number of benzene rings is 2. The van der Waals surface area contributed by atoms with Gasteiger partial charge in [-0.25, -0.2) is 4.39 Å². The van der Waals surface area contributed by atoms with E-state index in [2.05, 4.69) is 0 Å². The van der Waals surface area contributed by atoms with Gasteiger partial charge in [0.2, 0.25) is 0 Å². The molecule has 0 saturated carbocycles. The van der Waals surface area contributed by atoms with E-state index in [4.69, 9.17) is 16.3 Å². The van der Waals surface area contributed by atoms with Gasteiger partial charge in [0.25, 0.3) is 5.69 Å². The van der Waals surface area contributed by atoms with E-state index in [0.717, 1.165) is 5.56 Å². The molecule has 110 valence electrons. The molecular formula is C15H13ClFNO3. The average Bonchev–Trinajstić information content (AvgIpc) is 2.48. The van der Waals surface area contributed by atoms with Crippen molar-refractivity contribution < 1.29 is 14.1 Å². The van der Waals surface area contributed by atoms with E-state index in [-0.39, 0.29) is 17.6 Å². The van der Waals surface area contributed by atoms with Crippen LogP contribution in [0.5, 0.6) is 5.75 Å². The van der Waals surface area contributed by atoms with Gasteiger partial charge in [-0.15, -0.1) is 11.6 Å². The molecule has 0 aromatic heterocycles. The highest BCUT2D eigenvalue weighted by atomic mass is 35.5. The maximum atomic E-state index is 13.0. The topological polar surface area (TPSA) is 52.4 Å². The summed E-state index contributed by atoms with van der Waals surface area (Å²) >= 11 is 5.77. The van der Waals surface area contributed by atoms with Gasteiger partial charge in [0, 0.05) is 24.4 Å². The molecule has 0 aliphatic carbocycles. The van der Waals surface area contributed by atoms with Crippen LogP contribution >= 0.6 is 11.6 Å². The second-order valence-electron chi connectivity index (χ2n) is 4.39. The number of hydrogen-bond donors (Lipinski definition) is 0. The highest BCUT2D eigenvalue weighted by Gasteiger charge is 2.14. The van der Waals surface area contributed by atoms with Gasteiger partial charge in [-0.05, 0) is 29.8 Å². The first-order valence-electron chi connectivity index (χ1n) is 6.32. The smallest absolute Gasteiger partial charge is 0.269 e. The number of nitrogens with zero attached hydrogens (tertiary/aromatic N) is 1. The summed E-state index contributed by atoms with van der Waals surface area (Å²) in [5, 5.41) is 10.6. The fourth-order valence-corrected chi connectivity index (χ4v) is 2.08. The van der Waals surface area contributed by atoms with Crippen LogP contribution in [0.4, 0.5) is 10.1 Å². The number of nitro benzene ring substituents is 1. The van der Waals surface area contributed by atoms with E-state index in [1.165, 1.54) is 36.4 Å². The van der Waals surface area contributed by atoms with E-state index in [0.29, 0.717) is 18.1 Å². The van der Waals surface area contributed by atoms with E-state index >= 15 is 0 Å². The molecule has 0 amide bonds. The van der Waals surface area contributed by atoms with Crippen LogP contribution in [0, 0.1) is 15.9 Å². The molecule has 21 heavy (non-hydrogen) atoms. The Morgan fingerprint density at radius 2 is 1.76 bits per heavy atom. The third-order valence-electron chi connectivity index (χ3n) is 2.94. The second kappa shape index (κ2) is 7.04. The summed E-state index contributed by atoms with van der Waals surface area (Å²) in [4.78, 5) is 10.1. The predicted octanol–water partition coefficient (Wildman–Crippen LogP) is 4.48. The number of nitro groups is 1. The second-order valence-corrected chi connectivity index (χ2v) is 4.76. The van der Waals surface area contributed by atoms with Gasteiger partial charge in [0.05, 0.1) is 4.92 Å². The van der Waals surface area contributed by atoms with E-state index in [1.54, 1.807) is 12.1 Å². The number of hydrogen-bond acceptors (Lipinski definition) is 3. The number of ether oxygens (including phenoxy) is 1. The molecule has 0 bridgehead atoms. The Bertz CT molecular complexity index is 601. The lowest BCUT2D eigenvalue weighted by molar-refractivity contribution is -0.384. The Morgan fingerprint density at radius 1 is 1.14 bits per heavy atom. The number of rotatable bonds is 6. The zero-order valence-corrected chi connectivity index (χ0v) is 11.8. The molecule has 0 unspecified atom stereocenters. The summed E-state index contributed by atoms with van der Waals surface area (Å²) in [6.07, 6.45) is 0.217. The predicted molar refractivity (Wildman–Crippen MR) is 78.2 cm³/mol. The molecule has 0 spiro atoms. The zero-order valence-electron chi connectivity index (χ0n) is 11.0. The van der Waals surface area contributed by atoms with Crippen LogP contribution in [0.3, 0.4) is 0 Å². The maximum absolute atomic E-state index is 13.0. The molecule has 4 nitrogen and oxygen atoms in total. The summed E-state index contributed by atoms with van der Waals surface area (Å²) in [5.74, 6) is 0.563. The van der Waals surface area contributed by atoms with Gasteiger partial charge < -0.3 is 4.74 Å². The normalized spacial score (nSPS) is 11.9. The molecule has 0 fully saturated rings. The van der Waals surface area contributed by atoms with Crippen LogP contribution in [0.15, 0.2) is 48.5 Å². The van der Waals surface area contributed by atoms with Crippen LogP contribution in [0.2, 0.25) is 0 Å². The largest absolute Gasteiger partial charge is 0.486 e. The molecule has 0 heterocycles. The van der Waals surface area contributed by atoms with Gasteiger partial charge in [-0.2, -0.15) is 0 Å². The minimum absolute atomic E-state index is 0.00183. The van der Waals surface area contributed by atoms with Gasteiger partial charge in [-0.1, -0.05) is 12.1 Å². The SMILES string of the molecule is O=[N+]([O-])c1ccc(O[C@H](CCCl)c2ccc(F)cc2)cc1. The van der Waals surface area contributed by atoms with Crippen molar-refractivity contribution >= 4 is 17.3 Å². The first kappa shape index (κ1) is 15.3. The summed E-state index contributed by atoms with van der Waals surface area (Å²) in [7, 11) is 0. The molecule has 0 aliphatic heterocycles. The van der Waals surface area contributed by atoms with Crippen LogP contribution in [-0.4, -0.2) is 10.8 Å². The van der Waals surface area contributed by atoms with Crippen LogP contribution in [-0.2, 0) is 0 Å². The Kier molecular flexibility index (Phi) is 5.11. The number of alkyl halides is 1. The minimum atomic E-state index is -0.472. The molecule has 2 rings (SSSR count). The lowest BCUT2D eigenvalue weighted by Crippen LogP contribution is -2.08. The molecule has 6 heteroatoms. The fraction of sp³-hybridized carbons (Fsp3) is 0.200.